The van der Waals surface area contributed by atoms with Gasteiger partial charge in [-0.05, 0) is 98.2 Å². The molecule has 0 spiro atoms. The summed E-state index contributed by atoms with van der Waals surface area (Å²) in [6.45, 7) is 5.78. The second kappa shape index (κ2) is 26.2. The number of unbranched alkanes of at least 4 members (excludes halogenated alkanes) is 1. The highest BCUT2D eigenvalue weighted by molar-refractivity contribution is 6.00. The quantitative estimate of drug-likeness (QED) is 0.0792. The number of aliphatic hydroxyl groups is 1. The third kappa shape index (κ3) is 14.3. The van der Waals surface area contributed by atoms with Crippen LogP contribution in [-0.4, -0.2) is 104 Å². The highest BCUT2D eigenvalue weighted by Crippen LogP contribution is 2.41. The van der Waals surface area contributed by atoms with Gasteiger partial charge in [-0.1, -0.05) is 44.5 Å². The molecule has 3 amide bonds. The fraction of sp³-hybridized carbons (Fsp3) is 0.500. The van der Waals surface area contributed by atoms with Gasteiger partial charge in [0.1, 0.15) is 30.8 Å². The molecule has 1 aliphatic rings. The second-order valence-corrected chi connectivity index (χ2v) is 16.9. The predicted octanol–water partition coefficient (Wildman–Crippen LogP) is 3.79. The van der Waals surface area contributed by atoms with Crippen molar-refractivity contribution < 1.29 is 43.3 Å². The van der Waals surface area contributed by atoms with Gasteiger partial charge in [-0.25, -0.2) is 0 Å². The number of carbonyl (C=O) groups excluding carboxylic acids is 6. The summed E-state index contributed by atoms with van der Waals surface area (Å²) in [4.78, 5) is 85.6. The lowest BCUT2D eigenvalue weighted by Gasteiger charge is -2.32. The van der Waals surface area contributed by atoms with E-state index in [0.29, 0.717) is 39.3 Å². The first-order valence-electron chi connectivity index (χ1n) is 22.9. The SMILES string of the molecule is CCCCc1ccc(C(=O)N[C@H](CCO)C(=O)C[C@@H](CCN)C(=O)N(C)[C@@H]2C(=O)C[C@@H](C)C(=O)N[C@H](C(=O)CCC#N)Cc3ccc(OCCN)c(c3)-c3cc2ccc3OCCN)c(C)c1. The van der Waals surface area contributed by atoms with Crippen LogP contribution in [0.15, 0.2) is 54.6 Å². The summed E-state index contributed by atoms with van der Waals surface area (Å²) < 4.78 is 12.2. The van der Waals surface area contributed by atoms with Gasteiger partial charge in [0.15, 0.2) is 17.3 Å². The number of carbonyl (C=O) groups is 6. The summed E-state index contributed by atoms with van der Waals surface area (Å²) in [6.07, 6.45) is 2.11. The number of ketones is 3. The predicted molar refractivity (Wildman–Crippen MR) is 250 cm³/mol. The third-order valence-electron chi connectivity index (χ3n) is 11.8. The van der Waals surface area contributed by atoms with Crippen molar-refractivity contribution in [1.29, 1.82) is 5.26 Å². The van der Waals surface area contributed by atoms with E-state index in [1.807, 2.05) is 25.1 Å². The van der Waals surface area contributed by atoms with Gasteiger partial charge >= 0.3 is 0 Å². The molecule has 16 heteroatoms. The Hall–Kier alpha value is -5.99. The zero-order valence-corrected chi connectivity index (χ0v) is 38.7. The zero-order chi connectivity index (χ0) is 48.3. The van der Waals surface area contributed by atoms with Crippen molar-refractivity contribution in [1.82, 2.24) is 15.5 Å². The second-order valence-electron chi connectivity index (χ2n) is 16.9. The number of aryl methyl sites for hydroxylation is 2. The lowest BCUT2D eigenvalue weighted by atomic mass is 9.88. The maximum absolute atomic E-state index is 14.8. The smallest absolute Gasteiger partial charge is 0.252 e. The van der Waals surface area contributed by atoms with Crippen LogP contribution in [0.4, 0.5) is 0 Å². The number of fused-ring (bicyclic) bond motifs is 5. The average Bonchev–Trinajstić information content (AvgIpc) is 3.30. The molecule has 66 heavy (non-hydrogen) atoms. The summed E-state index contributed by atoms with van der Waals surface area (Å²) in [6, 6.07) is 14.4. The number of nitrogens with zero attached hydrogens (tertiary/aromatic N) is 2. The minimum Gasteiger partial charge on any atom is -0.492 e. The molecule has 0 unspecified atom stereocenters. The van der Waals surface area contributed by atoms with Crippen LogP contribution in [0.2, 0.25) is 0 Å². The number of nitriles is 1. The van der Waals surface area contributed by atoms with Crippen LogP contribution in [0.25, 0.3) is 11.1 Å². The van der Waals surface area contributed by atoms with Gasteiger partial charge in [0.25, 0.3) is 5.91 Å². The van der Waals surface area contributed by atoms with E-state index in [1.165, 1.54) is 11.9 Å². The van der Waals surface area contributed by atoms with Gasteiger partial charge in [-0.2, -0.15) is 5.26 Å². The average molecular weight is 910 g/mol. The van der Waals surface area contributed by atoms with E-state index < -0.39 is 65.9 Å². The Morgan fingerprint density at radius 3 is 2.24 bits per heavy atom. The van der Waals surface area contributed by atoms with Crippen molar-refractivity contribution in [2.75, 3.05) is 46.5 Å². The minimum absolute atomic E-state index is 0.0153. The number of aliphatic hydroxyl groups excluding tert-OH is 1. The molecule has 4 rings (SSSR count). The Labute approximate surface area is 387 Å². The molecule has 3 aromatic carbocycles. The van der Waals surface area contributed by atoms with E-state index in [2.05, 4.69) is 17.6 Å². The van der Waals surface area contributed by atoms with Crippen LogP contribution in [0.5, 0.6) is 11.5 Å². The van der Waals surface area contributed by atoms with Crippen LogP contribution >= 0.6 is 0 Å². The highest BCUT2D eigenvalue weighted by Gasteiger charge is 2.37. The van der Waals surface area contributed by atoms with Crippen molar-refractivity contribution in [3.8, 4) is 28.7 Å². The third-order valence-corrected chi connectivity index (χ3v) is 11.8. The Kier molecular flexibility index (Phi) is 20.9. The Morgan fingerprint density at radius 2 is 1.62 bits per heavy atom. The molecular weight excluding hydrogens is 843 g/mol. The topological polar surface area (TPSA) is 270 Å². The van der Waals surface area contributed by atoms with E-state index in [1.54, 1.807) is 49.4 Å². The first kappa shape index (κ1) is 52.6. The molecule has 4 bridgehead atoms. The number of likely N-dealkylation sites (N-methyl/N-ethyl adjacent to an activating group) is 1. The lowest BCUT2D eigenvalue weighted by Crippen LogP contribution is -2.46. The van der Waals surface area contributed by atoms with E-state index in [9.17, 15) is 39.1 Å². The number of hydrogen-bond acceptors (Lipinski definition) is 13. The highest BCUT2D eigenvalue weighted by atomic mass is 16.5. The number of rotatable bonds is 23. The molecule has 0 fully saturated rings. The molecule has 1 aliphatic heterocycles. The number of benzene rings is 3. The van der Waals surface area contributed by atoms with Crippen molar-refractivity contribution >= 4 is 35.1 Å². The Morgan fingerprint density at radius 1 is 0.939 bits per heavy atom. The van der Waals surface area contributed by atoms with Crippen LogP contribution in [0.3, 0.4) is 0 Å². The molecule has 0 saturated carbocycles. The first-order valence-corrected chi connectivity index (χ1v) is 22.9. The number of nitrogens with two attached hydrogens (primary N) is 3. The van der Waals surface area contributed by atoms with Crippen molar-refractivity contribution in [2.45, 2.75) is 103 Å². The Balaban J connectivity index is 1.78. The fourth-order valence-electron chi connectivity index (χ4n) is 8.22. The molecule has 3 aromatic rings. The van der Waals surface area contributed by atoms with Crippen LogP contribution in [0.1, 0.15) is 104 Å². The Bertz CT molecular complexity index is 2220. The standard InChI is InChI=1S/C50H67N7O9/c1-5-6-8-33-10-13-37(31(2)25-33)49(63)55-40(17-22-58)43(60)30-36(16-19-52)50(64)57(4)47-35-12-15-46(66-24-21-54)39(29-35)38-27-34(11-14-45(38)65-23-20-53)28-41(42(59)9-7-18-51)56-48(62)32(3)26-44(47)61/h10-15,25,27,29,32,36,40-41,47,58H,5-9,16-17,19-24,26,28,30,52-54H2,1-4H3,(H,55,63)(H,56,62)/t32-,36-,40-,41+,47+/m1/s1. The summed E-state index contributed by atoms with van der Waals surface area (Å²) in [5.41, 5.74) is 22.0. The zero-order valence-electron chi connectivity index (χ0n) is 38.7. The molecule has 9 N–H and O–H groups in total. The van der Waals surface area contributed by atoms with Crippen molar-refractivity contribution in [3.05, 3.63) is 82.4 Å². The molecule has 16 nitrogen and oxygen atoms in total. The van der Waals surface area contributed by atoms with Crippen LogP contribution in [-0.2, 0) is 36.8 Å². The monoisotopic (exact) mass is 910 g/mol. The summed E-state index contributed by atoms with van der Waals surface area (Å²) in [5, 5.41) is 24.8. The van der Waals surface area contributed by atoms with Gasteiger partial charge in [0.2, 0.25) is 11.8 Å². The van der Waals surface area contributed by atoms with Gasteiger partial charge in [-0.3, -0.25) is 28.8 Å². The number of nitrogens with one attached hydrogen (secondary N) is 2. The van der Waals surface area contributed by atoms with E-state index in [4.69, 9.17) is 26.7 Å². The summed E-state index contributed by atoms with van der Waals surface area (Å²) in [7, 11) is 1.45. The summed E-state index contributed by atoms with van der Waals surface area (Å²) >= 11 is 0. The number of amides is 3. The molecule has 0 saturated heterocycles. The van der Waals surface area contributed by atoms with E-state index in [0.717, 1.165) is 30.4 Å². The van der Waals surface area contributed by atoms with Gasteiger partial charge in [0.05, 0.1) is 18.2 Å². The minimum atomic E-state index is -1.30. The van der Waals surface area contributed by atoms with Crippen LogP contribution < -0.4 is 37.3 Å². The molecule has 5 atom stereocenters. The normalized spacial score (nSPS) is 17.0. The van der Waals surface area contributed by atoms with Crippen LogP contribution in [0, 0.1) is 30.1 Å². The molecule has 356 valence electrons. The maximum atomic E-state index is 14.8. The molecule has 0 radical (unpaired) electrons. The number of ether oxygens (including phenoxy) is 2. The van der Waals surface area contributed by atoms with Gasteiger partial charge < -0.3 is 47.3 Å². The molecular formula is C50H67N7O9. The van der Waals surface area contributed by atoms with Gasteiger partial charge in [0, 0.05) is 81.0 Å². The first-order chi connectivity index (χ1) is 31.7. The van der Waals surface area contributed by atoms with Gasteiger partial charge in [-0.15, -0.1) is 0 Å². The molecule has 0 aromatic heterocycles. The van der Waals surface area contributed by atoms with E-state index in [-0.39, 0.29) is 83.6 Å². The number of hydrogen-bond donors (Lipinski definition) is 6. The number of Topliss-reactive ketones (excluding diaryl/α,β-unsaturated/α-hetero) is 3. The van der Waals surface area contributed by atoms with Crippen molar-refractivity contribution in [2.24, 2.45) is 29.0 Å². The maximum Gasteiger partial charge on any atom is 0.252 e. The fourth-order valence-corrected chi connectivity index (χ4v) is 8.22. The summed E-state index contributed by atoms with van der Waals surface area (Å²) in [5.74, 6) is -4.18. The lowest BCUT2D eigenvalue weighted by molar-refractivity contribution is -0.144. The largest absolute Gasteiger partial charge is 0.492 e. The van der Waals surface area contributed by atoms with E-state index >= 15 is 0 Å². The van der Waals surface area contributed by atoms with Crippen molar-refractivity contribution in [3.63, 3.8) is 0 Å². The molecule has 1 heterocycles. The molecule has 0 aliphatic carbocycles.